The Kier molecular flexibility index (Phi) is 1.99. The van der Waals surface area contributed by atoms with Crippen LogP contribution in [0.1, 0.15) is 5.56 Å². The standard InChI is InChI=1S/C10H4ClNO2/c11-9-6-3-1-2-4-8(6)14-10(13)7(9)5-12/h1-4H. The monoisotopic (exact) mass is 205 g/mol. The van der Waals surface area contributed by atoms with E-state index in [1.165, 1.54) is 0 Å². The Morgan fingerprint density at radius 3 is 2.79 bits per heavy atom. The normalized spacial score (nSPS) is 10.0. The van der Waals surface area contributed by atoms with E-state index in [4.69, 9.17) is 21.3 Å². The molecule has 0 aliphatic carbocycles. The van der Waals surface area contributed by atoms with E-state index in [0.717, 1.165) is 0 Å². The first-order chi connectivity index (χ1) is 6.74. The summed E-state index contributed by atoms with van der Waals surface area (Å²) >= 11 is 5.86. The van der Waals surface area contributed by atoms with Crippen molar-refractivity contribution in [3.8, 4) is 6.07 Å². The van der Waals surface area contributed by atoms with Crippen molar-refractivity contribution < 1.29 is 4.42 Å². The van der Waals surface area contributed by atoms with Gasteiger partial charge in [-0.25, -0.2) is 4.79 Å². The van der Waals surface area contributed by atoms with Crippen molar-refractivity contribution in [3.63, 3.8) is 0 Å². The number of rotatable bonds is 0. The van der Waals surface area contributed by atoms with Crippen molar-refractivity contribution >= 4 is 22.6 Å². The Morgan fingerprint density at radius 1 is 1.36 bits per heavy atom. The molecule has 0 saturated heterocycles. The molecule has 14 heavy (non-hydrogen) atoms. The van der Waals surface area contributed by atoms with Gasteiger partial charge in [0.1, 0.15) is 11.7 Å². The van der Waals surface area contributed by atoms with Crippen molar-refractivity contribution in [1.29, 1.82) is 5.26 Å². The molecular weight excluding hydrogens is 202 g/mol. The molecule has 68 valence electrons. The molecule has 0 radical (unpaired) electrons. The van der Waals surface area contributed by atoms with Crippen LogP contribution in [0.3, 0.4) is 0 Å². The molecule has 0 bridgehead atoms. The predicted octanol–water partition coefficient (Wildman–Crippen LogP) is 2.32. The fraction of sp³-hybridized carbons (Fsp3) is 0. The van der Waals surface area contributed by atoms with Crippen LogP contribution in [0.4, 0.5) is 0 Å². The van der Waals surface area contributed by atoms with Crippen LogP contribution in [0, 0.1) is 11.3 Å². The largest absolute Gasteiger partial charge is 0.422 e. The summed E-state index contributed by atoms with van der Waals surface area (Å²) in [5.41, 5.74) is -0.455. The molecule has 0 aliphatic heterocycles. The van der Waals surface area contributed by atoms with Crippen molar-refractivity contribution in [2.24, 2.45) is 0 Å². The molecule has 2 rings (SSSR count). The Balaban J connectivity index is 3.02. The Labute approximate surface area is 84.1 Å². The zero-order valence-corrected chi connectivity index (χ0v) is 7.71. The zero-order valence-electron chi connectivity index (χ0n) is 6.95. The molecule has 4 heteroatoms. The van der Waals surface area contributed by atoms with Gasteiger partial charge in [-0.1, -0.05) is 23.7 Å². The quantitative estimate of drug-likeness (QED) is 0.620. The van der Waals surface area contributed by atoms with Crippen molar-refractivity contribution in [3.05, 3.63) is 45.3 Å². The van der Waals surface area contributed by atoms with E-state index in [1.807, 2.05) is 0 Å². The summed E-state index contributed by atoms with van der Waals surface area (Å²) in [6, 6.07) is 8.53. The van der Waals surface area contributed by atoms with Gasteiger partial charge in [0, 0.05) is 5.39 Å². The number of halogens is 1. The highest BCUT2D eigenvalue weighted by atomic mass is 35.5. The Bertz CT molecular complexity index is 595. The average molecular weight is 206 g/mol. The molecule has 0 spiro atoms. The maximum atomic E-state index is 11.2. The highest BCUT2D eigenvalue weighted by Crippen LogP contribution is 2.23. The lowest BCUT2D eigenvalue weighted by molar-refractivity contribution is 0.558. The van der Waals surface area contributed by atoms with Gasteiger partial charge in [0.2, 0.25) is 0 Å². The van der Waals surface area contributed by atoms with Crippen molar-refractivity contribution in [2.45, 2.75) is 0 Å². The van der Waals surface area contributed by atoms with Gasteiger partial charge in [0.15, 0.2) is 5.56 Å². The number of hydrogen-bond acceptors (Lipinski definition) is 3. The minimum Gasteiger partial charge on any atom is -0.422 e. The average Bonchev–Trinajstić information content (AvgIpc) is 2.18. The third-order valence-electron chi connectivity index (χ3n) is 1.86. The summed E-state index contributed by atoms with van der Waals surface area (Å²) < 4.78 is 4.90. The molecule has 1 aromatic heterocycles. The molecule has 0 saturated carbocycles. The van der Waals surface area contributed by atoms with E-state index in [2.05, 4.69) is 0 Å². The summed E-state index contributed by atoms with van der Waals surface area (Å²) in [6.07, 6.45) is 0. The van der Waals surface area contributed by atoms with E-state index < -0.39 is 5.63 Å². The second-order valence-corrected chi connectivity index (χ2v) is 3.06. The Hall–Kier alpha value is -1.79. The number of nitriles is 1. The van der Waals surface area contributed by atoms with Gasteiger partial charge in [0.05, 0.1) is 5.02 Å². The van der Waals surface area contributed by atoms with Gasteiger partial charge in [-0.2, -0.15) is 5.26 Å². The third kappa shape index (κ3) is 1.17. The summed E-state index contributed by atoms with van der Waals surface area (Å²) in [7, 11) is 0. The number of benzene rings is 1. The first kappa shape index (κ1) is 8.79. The highest BCUT2D eigenvalue weighted by molar-refractivity contribution is 6.36. The first-order valence-electron chi connectivity index (χ1n) is 3.85. The lowest BCUT2D eigenvalue weighted by Crippen LogP contribution is -2.04. The summed E-state index contributed by atoms with van der Waals surface area (Å²) in [5, 5.41) is 9.39. The highest BCUT2D eigenvalue weighted by Gasteiger charge is 2.11. The molecule has 0 amide bonds. The van der Waals surface area contributed by atoms with Gasteiger partial charge in [-0.15, -0.1) is 0 Å². The van der Waals surface area contributed by atoms with Crippen LogP contribution in [0.25, 0.3) is 11.0 Å². The number of hydrogen-bond donors (Lipinski definition) is 0. The van der Waals surface area contributed by atoms with Crippen LogP contribution in [-0.2, 0) is 0 Å². The van der Waals surface area contributed by atoms with Crippen molar-refractivity contribution in [1.82, 2.24) is 0 Å². The maximum Gasteiger partial charge on any atom is 0.355 e. The van der Waals surface area contributed by atoms with Gasteiger partial charge in [-0.3, -0.25) is 0 Å². The minimum absolute atomic E-state index is 0.148. The second kappa shape index (κ2) is 3.17. The van der Waals surface area contributed by atoms with E-state index in [9.17, 15) is 4.79 Å². The van der Waals surface area contributed by atoms with E-state index in [0.29, 0.717) is 11.0 Å². The molecule has 1 aromatic carbocycles. The lowest BCUT2D eigenvalue weighted by Gasteiger charge is -1.98. The number of fused-ring (bicyclic) bond motifs is 1. The molecule has 1 heterocycles. The van der Waals surface area contributed by atoms with E-state index in [-0.39, 0.29) is 10.6 Å². The van der Waals surface area contributed by atoms with Crippen molar-refractivity contribution in [2.75, 3.05) is 0 Å². The minimum atomic E-state index is -0.698. The molecule has 0 fully saturated rings. The van der Waals surface area contributed by atoms with Crippen LogP contribution in [0.2, 0.25) is 5.02 Å². The SMILES string of the molecule is N#Cc1c(Cl)c2ccccc2oc1=O. The van der Waals surface area contributed by atoms with E-state index in [1.54, 1.807) is 30.3 Å². The van der Waals surface area contributed by atoms with E-state index >= 15 is 0 Å². The molecule has 3 nitrogen and oxygen atoms in total. The van der Waals surface area contributed by atoms with Crippen LogP contribution < -0.4 is 5.63 Å². The molecular formula is C10H4ClNO2. The van der Waals surface area contributed by atoms with Gasteiger partial charge >= 0.3 is 5.63 Å². The molecule has 0 atom stereocenters. The predicted molar refractivity (Wildman–Crippen MR) is 52.2 cm³/mol. The van der Waals surface area contributed by atoms with Gasteiger partial charge < -0.3 is 4.42 Å². The Morgan fingerprint density at radius 2 is 2.07 bits per heavy atom. The topological polar surface area (TPSA) is 54.0 Å². The molecule has 0 aliphatic rings. The zero-order chi connectivity index (χ0) is 10.1. The molecule has 0 unspecified atom stereocenters. The third-order valence-corrected chi connectivity index (χ3v) is 2.25. The number of nitrogens with zero attached hydrogens (tertiary/aromatic N) is 1. The maximum absolute atomic E-state index is 11.2. The van der Waals surface area contributed by atoms with Crippen LogP contribution >= 0.6 is 11.6 Å². The second-order valence-electron chi connectivity index (χ2n) is 2.69. The van der Waals surface area contributed by atoms with Crippen LogP contribution in [0.5, 0.6) is 0 Å². The van der Waals surface area contributed by atoms with Crippen LogP contribution in [0.15, 0.2) is 33.5 Å². The fourth-order valence-electron chi connectivity index (χ4n) is 1.21. The fourth-order valence-corrected chi connectivity index (χ4v) is 1.48. The van der Waals surface area contributed by atoms with Crippen LogP contribution in [-0.4, -0.2) is 0 Å². The van der Waals surface area contributed by atoms with Gasteiger partial charge in [0.25, 0.3) is 0 Å². The number of para-hydroxylation sites is 1. The van der Waals surface area contributed by atoms with Gasteiger partial charge in [-0.05, 0) is 12.1 Å². The summed E-state index contributed by atoms with van der Waals surface area (Å²) in [4.78, 5) is 11.2. The molecule has 0 N–H and O–H groups in total. The molecule has 2 aromatic rings. The first-order valence-corrected chi connectivity index (χ1v) is 4.23. The summed E-state index contributed by atoms with van der Waals surface area (Å²) in [5.74, 6) is 0. The smallest absolute Gasteiger partial charge is 0.355 e. The lowest BCUT2D eigenvalue weighted by atomic mass is 10.2. The summed E-state index contributed by atoms with van der Waals surface area (Å²) in [6.45, 7) is 0.